The standard InChI is InChI=1S/C26H27FN4/c27-23-8-6-22(7-9-23)19-31-25-17-28-13-10-24(25)29-26(31)16-20-11-14-30(15-12-20)18-21-4-2-1-3-5-21/h1-10,13,17,20H,11-12,14-16,18-19H2. The number of fused-ring (bicyclic) bond motifs is 1. The topological polar surface area (TPSA) is 34.0 Å². The summed E-state index contributed by atoms with van der Waals surface area (Å²) >= 11 is 0. The predicted molar refractivity (Wildman–Crippen MR) is 121 cm³/mol. The van der Waals surface area contributed by atoms with Gasteiger partial charge in [0.1, 0.15) is 11.6 Å². The van der Waals surface area contributed by atoms with Gasteiger partial charge in [-0.05, 0) is 61.2 Å². The van der Waals surface area contributed by atoms with Crippen LogP contribution in [0.25, 0.3) is 11.0 Å². The molecular formula is C26H27FN4. The first kappa shape index (κ1) is 19.9. The Bertz CT molecular complexity index is 1130. The number of halogens is 1. The van der Waals surface area contributed by atoms with Crippen molar-refractivity contribution in [2.45, 2.75) is 32.4 Å². The average molecular weight is 415 g/mol. The van der Waals surface area contributed by atoms with Crippen LogP contribution in [0.4, 0.5) is 4.39 Å². The van der Waals surface area contributed by atoms with Gasteiger partial charge >= 0.3 is 0 Å². The smallest absolute Gasteiger partial charge is 0.123 e. The third-order valence-corrected chi connectivity index (χ3v) is 6.31. The highest BCUT2D eigenvalue weighted by molar-refractivity contribution is 5.74. The Morgan fingerprint density at radius 1 is 0.871 bits per heavy atom. The summed E-state index contributed by atoms with van der Waals surface area (Å²) in [5.41, 5.74) is 4.48. The van der Waals surface area contributed by atoms with E-state index >= 15 is 0 Å². The van der Waals surface area contributed by atoms with Gasteiger partial charge in [0.2, 0.25) is 0 Å². The zero-order valence-electron chi connectivity index (χ0n) is 17.6. The first-order valence-corrected chi connectivity index (χ1v) is 11.0. The summed E-state index contributed by atoms with van der Waals surface area (Å²) < 4.78 is 15.6. The molecule has 4 nitrogen and oxygen atoms in total. The summed E-state index contributed by atoms with van der Waals surface area (Å²) in [4.78, 5) is 11.8. The van der Waals surface area contributed by atoms with Gasteiger partial charge in [0.25, 0.3) is 0 Å². The minimum absolute atomic E-state index is 0.205. The Morgan fingerprint density at radius 3 is 2.39 bits per heavy atom. The number of nitrogens with zero attached hydrogens (tertiary/aromatic N) is 4. The zero-order chi connectivity index (χ0) is 21.0. The van der Waals surface area contributed by atoms with Crippen LogP contribution in [-0.4, -0.2) is 32.5 Å². The van der Waals surface area contributed by atoms with Crippen LogP contribution in [0.3, 0.4) is 0 Å². The molecule has 5 heteroatoms. The third kappa shape index (κ3) is 4.67. The van der Waals surface area contributed by atoms with Crippen LogP contribution < -0.4 is 0 Å². The largest absolute Gasteiger partial charge is 0.322 e. The molecule has 0 radical (unpaired) electrons. The second-order valence-electron chi connectivity index (χ2n) is 8.51. The number of rotatable bonds is 6. The van der Waals surface area contributed by atoms with Crippen molar-refractivity contribution in [1.29, 1.82) is 0 Å². The van der Waals surface area contributed by atoms with Crippen LogP contribution in [0.15, 0.2) is 73.1 Å². The van der Waals surface area contributed by atoms with Crippen LogP contribution in [0.1, 0.15) is 29.8 Å². The monoisotopic (exact) mass is 414 g/mol. The van der Waals surface area contributed by atoms with E-state index in [-0.39, 0.29) is 5.82 Å². The minimum Gasteiger partial charge on any atom is -0.322 e. The lowest BCUT2D eigenvalue weighted by Crippen LogP contribution is -2.34. The first-order chi connectivity index (χ1) is 15.2. The Kier molecular flexibility index (Phi) is 5.76. The maximum atomic E-state index is 13.3. The van der Waals surface area contributed by atoms with Gasteiger partial charge < -0.3 is 4.57 Å². The molecule has 0 spiro atoms. The average Bonchev–Trinajstić information content (AvgIpc) is 3.14. The Labute approximate surface area is 182 Å². The van der Waals surface area contributed by atoms with Gasteiger partial charge in [0.15, 0.2) is 0 Å². The summed E-state index contributed by atoms with van der Waals surface area (Å²) in [5.74, 6) is 1.53. The summed E-state index contributed by atoms with van der Waals surface area (Å²) in [7, 11) is 0. The molecule has 2 aromatic carbocycles. The van der Waals surface area contributed by atoms with Gasteiger partial charge in [-0.25, -0.2) is 9.37 Å². The number of imidazole rings is 1. The van der Waals surface area contributed by atoms with E-state index < -0.39 is 0 Å². The first-order valence-electron chi connectivity index (χ1n) is 11.0. The summed E-state index contributed by atoms with van der Waals surface area (Å²) in [6.07, 6.45) is 7.02. The van der Waals surface area contributed by atoms with E-state index in [1.165, 1.54) is 30.5 Å². The highest BCUT2D eigenvalue weighted by Gasteiger charge is 2.22. The van der Waals surface area contributed by atoms with Crippen molar-refractivity contribution in [2.24, 2.45) is 5.92 Å². The van der Waals surface area contributed by atoms with E-state index in [0.717, 1.165) is 48.5 Å². The van der Waals surface area contributed by atoms with Gasteiger partial charge in [-0.1, -0.05) is 42.5 Å². The number of hydrogen-bond donors (Lipinski definition) is 0. The van der Waals surface area contributed by atoms with Crippen molar-refractivity contribution >= 4 is 11.0 Å². The molecule has 0 N–H and O–H groups in total. The molecule has 0 atom stereocenters. The van der Waals surface area contributed by atoms with Gasteiger partial charge in [0, 0.05) is 25.7 Å². The van der Waals surface area contributed by atoms with E-state index in [9.17, 15) is 4.39 Å². The number of hydrogen-bond acceptors (Lipinski definition) is 3. The number of aromatic nitrogens is 3. The second kappa shape index (κ2) is 8.98. The Hall–Kier alpha value is -3.05. The lowest BCUT2D eigenvalue weighted by atomic mass is 9.93. The highest BCUT2D eigenvalue weighted by atomic mass is 19.1. The molecule has 4 aromatic rings. The van der Waals surface area contributed by atoms with Crippen molar-refractivity contribution < 1.29 is 4.39 Å². The van der Waals surface area contributed by atoms with E-state index in [0.29, 0.717) is 12.5 Å². The van der Waals surface area contributed by atoms with Crippen molar-refractivity contribution in [2.75, 3.05) is 13.1 Å². The highest BCUT2D eigenvalue weighted by Crippen LogP contribution is 2.25. The molecule has 0 aliphatic carbocycles. The fourth-order valence-electron chi connectivity index (χ4n) is 4.57. The van der Waals surface area contributed by atoms with Gasteiger partial charge in [-0.15, -0.1) is 0 Å². The lowest BCUT2D eigenvalue weighted by Gasteiger charge is -2.32. The second-order valence-corrected chi connectivity index (χ2v) is 8.51. The molecular weight excluding hydrogens is 387 g/mol. The molecule has 1 fully saturated rings. The number of piperidine rings is 1. The maximum Gasteiger partial charge on any atom is 0.123 e. The van der Waals surface area contributed by atoms with Gasteiger partial charge in [-0.3, -0.25) is 9.88 Å². The normalized spacial score (nSPS) is 15.5. The summed E-state index contributed by atoms with van der Waals surface area (Å²) in [5, 5.41) is 0. The van der Waals surface area contributed by atoms with E-state index in [1.54, 1.807) is 6.20 Å². The number of benzene rings is 2. The van der Waals surface area contributed by atoms with Crippen molar-refractivity contribution in [1.82, 2.24) is 19.4 Å². The lowest BCUT2D eigenvalue weighted by molar-refractivity contribution is 0.175. The molecule has 1 saturated heterocycles. The SMILES string of the molecule is Fc1ccc(Cn2c(CC3CCN(Cc4ccccc4)CC3)nc3ccncc32)cc1. The summed E-state index contributed by atoms with van der Waals surface area (Å²) in [6.45, 7) is 3.96. The van der Waals surface area contributed by atoms with Gasteiger partial charge in [0.05, 0.1) is 17.2 Å². The molecule has 5 rings (SSSR count). The van der Waals surface area contributed by atoms with E-state index in [4.69, 9.17) is 4.98 Å². The van der Waals surface area contributed by atoms with Crippen molar-refractivity contribution in [3.8, 4) is 0 Å². The summed E-state index contributed by atoms with van der Waals surface area (Å²) in [6, 6.07) is 19.4. The van der Waals surface area contributed by atoms with Gasteiger partial charge in [-0.2, -0.15) is 0 Å². The third-order valence-electron chi connectivity index (χ3n) is 6.31. The molecule has 0 saturated carbocycles. The van der Waals surface area contributed by atoms with Crippen molar-refractivity contribution in [3.05, 3.63) is 95.8 Å². The van der Waals surface area contributed by atoms with E-state index in [1.807, 2.05) is 24.4 Å². The molecule has 1 aliphatic rings. The van der Waals surface area contributed by atoms with Crippen LogP contribution in [0.5, 0.6) is 0 Å². The molecule has 158 valence electrons. The van der Waals surface area contributed by atoms with Crippen LogP contribution in [0, 0.1) is 11.7 Å². The quantitative estimate of drug-likeness (QED) is 0.442. The molecule has 0 amide bonds. The Balaban J connectivity index is 1.29. The number of likely N-dealkylation sites (tertiary alicyclic amines) is 1. The fourth-order valence-corrected chi connectivity index (χ4v) is 4.57. The van der Waals surface area contributed by atoms with Crippen LogP contribution in [-0.2, 0) is 19.5 Å². The fraction of sp³-hybridized carbons (Fsp3) is 0.308. The Morgan fingerprint density at radius 2 is 1.61 bits per heavy atom. The molecule has 0 bridgehead atoms. The molecule has 1 aliphatic heterocycles. The van der Waals surface area contributed by atoms with Crippen LogP contribution in [0.2, 0.25) is 0 Å². The zero-order valence-corrected chi connectivity index (χ0v) is 17.6. The molecule has 3 heterocycles. The maximum absolute atomic E-state index is 13.3. The van der Waals surface area contributed by atoms with Crippen molar-refractivity contribution in [3.63, 3.8) is 0 Å². The molecule has 0 unspecified atom stereocenters. The minimum atomic E-state index is -0.205. The molecule has 31 heavy (non-hydrogen) atoms. The number of pyridine rings is 1. The molecule has 2 aromatic heterocycles. The van der Waals surface area contributed by atoms with Crippen LogP contribution >= 0.6 is 0 Å². The predicted octanol–water partition coefficient (Wildman–Crippen LogP) is 5.07. The van der Waals surface area contributed by atoms with E-state index in [2.05, 4.69) is 44.8 Å².